The van der Waals surface area contributed by atoms with Crippen LogP contribution >= 0.6 is 35.0 Å². The molecular weight excluding hydrogens is 415 g/mol. The molecule has 1 heterocycles. The molecular formula is C19H28Cl2N6S. The molecule has 0 spiro atoms. The number of aromatic nitrogens is 3. The van der Waals surface area contributed by atoms with Gasteiger partial charge >= 0.3 is 0 Å². The molecule has 1 atom stereocenters. The summed E-state index contributed by atoms with van der Waals surface area (Å²) in [5.41, 5.74) is 6.95. The van der Waals surface area contributed by atoms with Gasteiger partial charge in [0.1, 0.15) is 5.82 Å². The molecule has 9 heteroatoms. The number of nitrogens with one attached hydrogen (secondary N) is 1. The zero-order valence-corrected chi connectivity index (χ0v) is 19.1. The third-order valence-electron chi connectivity index (χ3n) is 4.16. The Kier molecular flexibility index (Phi) is 8.92. The average molecular weight is 443 g/mol. The summed E-state index contributed by atoms with van der Waals surface area (Å²) in [6.07, 6.45) is 3.69. The fourth-order valence-electron chi connectivity index (χ4n) is 2.84. The largest absolute Gasteiger partial charge is 0.370 e. The maximum absolute atomic E-state index is 6.25. The summed E-state index contributed by atoms with van der Waals surface area (Å²) >= 11 is 13.8. The van der Waals surface area contributed by atoms with E-state index in [2.05, 4.69) is 38.9 Å². The van der Waals surface area contributed by atoms with E-state index in [-0.39, 0.29) is 6.04 Å². The molecule has 0 aliphatic carbocycles. The van der Waals surface area contributed by atoms with Crippen LogP contribution in [-0.4, -0.2) is 33.5 Å². The molecule has 1 aromatic carbocycles. The predicted octanol–water partition coefficient (Wildman–Crippen LogP) is 4.56. The van der Waals surface area contributed by atoms with Crippen LogP contribution in [0.3, 0.4) is 0 Å². The van der Waals surface area contributed by atoms with Crippen LogP contribution in [0, 0.1) is 5.92 Å². The molecule has 6 nitrogen and oxygen atoms in total. The standard InChI is InChI=1S/C19H28Cl2N6S/c1-12(2)11-27-17(25-26-19(27)28-4)6-5-9-23-18(22)24-13(3)15-8-7-14(20)10-16(15)21/h7-8,10,12-13H,5-6,9,11H2,1-4H3,(H3,22,23,24). The third kappa shape index (κ3) is 6.57. The van der Waals surface area contributed by atoms with Crippen molar-refractivity contribution in [2.24, 2.45) is 16.6 Å². The molecule has 0 saturated heterocycles. The summed E-state index contributed by atoms with van der Waals surface area (Å²) in [6.45, 7) is 7.90. The van der Waals surface area contributed by atoms with E-state index in [1.165, 1.54) is 0 Å². The van der Waals surface area contributed by atoms with Gasteiger partial charge in [-0.1, -0.05) is 54.9 Å². The molecule has 1 unspecified atom stereocenters. The predicted molar refractivity (Wildman–Crippen MR) is 119 cm³/mol. The van der Waals surface area contributed by atoms with E-state index < -0.39 is 0 Å². The van der Waals surface area contributed by atoms with Crippen molar-refractivity contribution in [1.29, 1.82) is 0 Å². The molecule has 2 rings (SSSR count). The van der Waals surface area contributed by atoms with Gasteiger partial charge < -0.3 is 15.6 Å². The van der Waals surface area contributed by atoms with Gasteiger partial charge in [0.25, 0.3) is 0 Å². The zero-order chi connectivity index (χ0) is 20.7. The highest BCUT2D eigenvalue weighted by atomic mass is 35.5. The molecule has 28 heavy (non-hydrogen) atoms. The number of hydrogen-bond donors (Lipinski definition) is 2. The molecule has 0 bridgehead atoms. The minimum absolute atomic E-state index is 0.0632. The van der Waals surface area contributed by atoms with Crippen molar-refractivity contribution >= 4 is 40.9 Å². The fraction of sp³-hybridized carbons (Fsp3) is 0.526. The summed E-state index contributed by atoms with van der Waals surface area (Å²) < 4.78 is 2.20. The van der Waals surface area contributed by atoms with Gasteiger partial charge in [-0.3, -0.25) is 4.99 Å². The Morgan fingerprint density at radius 3 is 2.68 bits per heavy atom. The molecule has 0 fully saturated rings. The molecule has 0 aliphatic rings. The van der Waals surface area contributed by atoms with Gasteiger partial charge in [-0.25, -0.2) is 0 Å². The number of nitrogens with two attached hydrogens (primary N) is 1. The van der Waals surface area contributed by atoms with Crippen molar-refractivity contribution in [1.82, 2.24) is 20.1 Å². The number of aliphatic imine (C=N–C) groups is 1. The number of benzene rings is 1. The second-order valence-corrected chi connectivity index (χ2v) is 8.63. The second kappa shape index (κ2) is 10.9. The number of rotatable bonds is 9. The van der Waals surface area contributed by atoms with Crippen molar-refractivity contribution < 1.29 is 0 Å². The van der Waals surface area contributed by atoms with Crippen molar-refractivity contribution in [3.05, 3.63) is 39.6 Å². The van der Waals surface area contributed by atoms with Crippen molar-refractivity contribution in [3.8, 4) is 0 Å². The van der Waals surface area contributed by atoms with Crippen molar-refractivity contribution in [3.63, 3.8) is 0 Å². The maximum atomic E-state index is 6.25. The third-order valence-corrected chi connectivity index (χ3v) is 5.39. The van der Waals surface area contributed by atoms with Crippen LogP contribution in [-0.2, 0) is 13.0 Å². The summed E-state index contributed by atoms with van der Waals surface area (Å²) in [7, 11) is 0. The zero-order valence-electron chi connectivity index (χ0n) is 16.7. The van der Waals surface area contributed by atoms with Crippen LogP contribution in [0.5, 0.6) is 0 Å². The first-order chi connectivity index (χ1) is 13.3. The summed E-state index contributed by atoms with van der Waals surface area (Å²) in [5.74, 6) is 1.94. The number of halogens is 2. The van der Waals surface area contributed by atoms with Gasteiger partial charge in [-0.2, -0.15) is 0 Å². The number of guanidine groups is 1. The van der Waals surface area contributed by atoms with E-state index in [9.17, 15) is 0 Å². The monoisotopic (exact) mass is 442 g/mol. The lowest BCUT2D eigenvalue weighted by Crippen LogP contribution is -2.34. The second-order valence-electron chi connectivity index (χ2n) is 7.01. The minimum Gasteiger partial charge on any atom is -0.370 e. The Balaban J connectivity index is 1.88. The number of nitrogens with zero attached hydrogens (tertiary/aromatic N) is 4. The number of hydrogen-bond acceptors (Lipinski definition) is 4. The minimum atomic E-state index is -0.0632. The SMILES string of the molecule is CSc1nnc(CCCN=C(N)NC(C)c2ccc(Cl)cc2Cl)n1CC(C)C. The highest BCUT2D eigenvalue weighted by molar-refractivity contribution is 7.98. The first-order valence-corrected chi connectivity index (χ1v) is 11.3. The van der Waals surface area contributed by atoms with E-state index in [0.29, 0.717) is 28.5 Å². The molecule has 0 saturated carbocycles. The Morgan fingerprint density at radius 2 is 2.04 bits per heavy atom. The number of thioether (sulfide) groups is 1. The molecule has 1 aromatic heterocycles. The van der Waals surface area contributed by atoms with Gasteiger partial charge in [0.2, 0.25) is 0 Å². The van der Waals surface area contributed by atoms with Crippen LogP contribution in [0.25, 0.3) is 0 Å². The fourth-order valence-corrected chi connectivity index (χ4v) is 3.93. The average Bonchev–Trinajstić information content (AvgIpc) is 2.99. The lowest BCUT2D eigenvalue weighted by molar-refractivity contribution is 0.477. The van der Waals surface area contributed by atoms with Gasteiger partial charge in [-0.15, -0.1) is 10.2 Å². The maximum Gasteiger partial charge on any atom is 0.190 e. The molecule has 3 N–H and O–H groups in total. The van der Waals surface area contributed by atoms with E-state index >= 15 is 0 Å². The van der Waals surface area contributed by atoms with Crippen LogP contribution < -0.4 is 11.1 Å². The van der Waals surface area contributed by atoms with Gasteiger partial charge in [-0.05, 0) is 43.2 Å². The summed E-state index contributed by atoms with van der Waals surface area (Å²) in [5, 5.41) is 13.9. The van der Waals surface area contributed by atoms with Crippen LogP contribution in [0.4, 0.5) is 0 Å². The summed E-state index contributed by atoms with van der Waals surface area (Å²) in [6, 6.07) is 5.36. The molecule has 0 aliphatic heterocycles. The van der Waals surface area contributed by atoms with Gasteiger partial charge in [0, 0.05) is 29.6 Å². The Hall–Kier alpha value is -1.44. The topological polar surface area (TPSA) is 81.1 Å². The Bertz CT molecular complexity index is 806. The molecule has 2 aromatic rings. The first-order valence-electron chi connectivity index (χ1n) is 9.29. The Labute approximate surface area is 181 Å². The van der Waals surface area contributed by atoms with Crippen molar-refractivity contribution in [2.75, 3.05) is 12.8 Å². The van der Waals surface area contributed by atoms with Crippen LogP contribution in [0.1, 0.15) is 44.6 Å². The highest BCUT2D eigenvalue weighted by Crippen LogP contribution is 2.26. The van der Waals surface area contributed by atoms with E-state index in [1.54, 1.807) is 17.8 Å². The van der Waals surface area contributed by atoms with E-state index in [0.717, 1.165) is 35.9 Å². The molecule has 0 radical (unpaired) electrons. The highest BCUT2D eigenvalue weighted by Gasteiger charge is 2.13. The molecule has 154 valence electrons. The lowest BCUT2D eigenvalue weighted by atomic mass is 10.1. The normalized spacial score (nSPS) is 13.2. The smallest absolute Gasteiger partial charge is 0.190 e. The molecule has 0 amide bonds. The summed E-state index contributed by atoms with van der Waals surface area (Å²) in [4.78, 5) is 4.42. The van der Waals surface area contributed by atoms with Crippen LogP contribution in [0.15, 0.2) is 28.3 Å². The van der Waals surface area contributed by atoms with Crippen molar-refractivity contribution in [2.45, 2.75) is 51.4 Å². The van der Waals surface area contributed by atoms with E-state index in [1.807, 2.05) is 25.3 Å². The number of aryl methyl sites for hydroxylation is 1. The van der Waals surface area contributed by atoms with Gasteiger partial charge in [0.05, 0.1) is 6.04 Å². The quantitative estimate of drug-likeness (QED) is 0.257. The first kappa shape index (κ1) is 22.8. The van der Waals surface area contributed by atoms with Crippen LogP contribution in [0.2, 0.25) is 10.0 Å². The lowest BCUT2D eigenvalue weighted by Gasteiger charge is -2.16. The Morgan fingerprint density at radius 1 is 1.29 bits per heavy atom. The van der Waals surface area contributed by atoms with Gasteiger partial charge in [0.15, 0.2) is 11.1 Å². The van der Waals surface area contributed by atoms with E-state index in [4.69, 9.17) is 28.9 Å².